The van der Waals surface area contributed by atoms with Crippen LogP contribution in [0.25, 0.3) is 23.0 Å². The molecule has 1 aromatic heterocycles. The van der Waals surface area contributed by atoms with Crippen molar-refractivity contribution in [1.29, 1.82) is 5.26 Å². The molecule has 1 aliphatic heterocycles. The molecule has 0 fully saturated rings. The summed E-state index contributed by atoms with van der Waals surface area (Å²) < 4.78 is 7.62. The minimum atomic E-state index is -0.518. The molecule has 0 N–H and O–H groups in total. The summed E-state index contributed by atoms with van der Waals surface area (Å²) in [4.78, 5) is 27.9. The van der Waals surface area contributed by atoms with Crippen molar-refractivity contribution in [3.05, 3.63) is 83.1 Å². The lowest BCUT2D eigenvalue weighted by atomic mass is 9.93. The summed E-state index contributed by atoms with van der Waals surface area (Å²) >= 11 is 0. The van der Waals surface area contributed by atoms with Gasteiger partial charge in [0, 0.05) is 29.4 Å². The lowest BCUT2D eigenvalue weighted by molar-refractivity contribution is -0.140. The molecular weight excluding hydrogens is 500 g/mol. The summed E-state index contributed by atoms with van der Waals surface area (Å²) in [7, 11) is 0. The monoisotopic (exact) mass is 536 g/mol. The molecule has 4 rings (SSSR count). The molecular formula is C33H36N4O3. The largest absolute Gasteiger partial charge is 0.493 e. The number of carbonyl (C=O) groups is 2. The van der Waals surface area contributed by atoms with E-state index in [-0.39, 0.29) is 11.5 Å². The van der Waals surface area contributed by atoms with Gasteiger partial charge in [-0.25, -0.2) is 4.68 Å². The highest BCUT2D eigenvalue weighted by Gasteiger charge is 2.35. The average Bonchev–Trinajstić information content (AvgIpc) is 3.38. The summed E-state index contributed by atoms with van der Waals surface area (Å²) in [5.41, 5.74) is 3.84. The Bertz CT molecular complexity index is 1460. The van der Waals surface area contributed by atoms with E-state index in [1.165, 1.54) is 4.90 Å². The molecule has 2 amide bonds. The minimum absolute atomic E-state index is 0.00463. The average molecular weight is 537 g/mol. The van der Waals surface area contributed by atoms with E-state index in [2.05, 4.69) is 20.8 Å². The summed E-state index contributed by atoms with van der Waals surface area (Å²) in [5.74, 6) is 0.293. The lowest BCUT2D eigenvalue weighted by Gasteiger charge is -2.27. The first-order valence-electron chi connectivity index (χ1n) is 13.9. The van der Waals surface area contributed by atoms with Gasteiger partial charge in [-0.05, 0) is 67.3 Å². The van der Waals surface area contributed by atoms with Crippen LogP contribution in [0.3, 0.4) is 0 Å². The van der Waals surface area contributed by atoms with Crippen LogP contribution >= 0.6 is 0 Å². The predicted molar refractivity (Wildman–Crippen MR) is 156 cm³/mol. The summed E-state index contributed by atoms with van der Waals surface area (Å²) in [6.07, 6.45) is 7.33. The van der Waals surface area contributed by atoms with Crippen molar-refractivity contribution < 1.29 is 14.3 Å². The second-order valence-corrected chi connectivity index (χ2v) is 10.4. The van der Waals surface area contributed by atoms with Crippen LogP contribution in [-0.4, -0.2) is 39.6 Å². The van der Waals surface area contributed by atoms with E-state index in [0.717, 1.165) is 36.3 Å². The topological polar surface area (TPSA) is 88.2 Å². The predicted octanol–water partition coefficient (Wildman–Crippen LogP) is 6.75. The minimum Gasteiger partial charge on any atom is -0.493 e. The van der Waals surface area contributed by atoms with Crippen LogP contribution in [0, 0.1) is 17.2 Å². The van der Waals surface area contributed by atoms with Gasteiger partial charge < -0.3 is 4.74 Å². The van der Waals surface area contributed by atoms with Crippen LogP contribution in [0.15, 0.2) is 77.5 Å². The maximum Gasteiger partial charge on any atom is 0.271 e. The van der Waals surface area contributed by atoms with Gasteiger partial charge in [0.05, 0.1) is 18.0 Å². The van der Waals surface area contributed by atoms with Crippen molar-refractivity contribution in [2.75, 3.05) is 13.2 Å². The fourth-order valence-electron chi connectivity index (χ4n) is 4.59. The molecule has 0 saturated heterocycles. The van der Waals surface area contributed by atoms with E-state index in [1.54, 1.807) is 17.7 Å². The van der Waals surface area contributed by atoms with Gasteiger partial charge in [0.15, 0.2) is 0 Å². The van der Waals surface area contributed by atoms with Crippen molar-refractivity contribution in [2.45, 2.75) is 53.4 Å². The number of para-hydroxylation sites is 1. The van der Waals surface area contributed by atoms with Gasteiger partial charge >= 0.3 is 0 Å². The summed E-state index contributed by atoms with van der Waals surface area (Å²) in [6.45, 7) is 8.90. The Morgan fingerprint density at radius 3 is 2.38 bits per heavy atom. The molecule has 0 atom stereocenters. The number of unbranched alkanes of at least 4 members (excludes halogenated alkanes) is 3. The lowest BCUT2D eigenvalue weighted by Crippen LogP contribution is -2.43. The van der Waals surface area contributed by atoms with E-state index >= 15 is 0 Å². The number of amides is 2. The van der Waals surface area contributed by atoms with Crippen LogP contribution in [-0.2, 0) is 9.59 Å². The first-order chi connectivity index (χ1) is 19.3. The molecule has 3 aromatic rings. The fraction of sp³-hybridized carbons (Fsp3) is 0.333. The Hall–Kier alpha value is -4.44. The quantitative estimate of drug-likeness (QED) is 0.154. The number of hydrogen-bond acceptors (Lipinski definition) is 5. The highest BCUT2D eigenvalue weighted by molar-refractivity contribution is 6.19. The number of carbonyl (C=O) groups excluding carboxylic acids is 2. The Morgan fingerprint density at radius 2 is 1.73 bits per heavy atom. The van der Waals surface area contributed by atoms with E-state index in [0.29, 0.717) is 47.9 Å². The van der Waals surface area contributed by atoms with Crippen LogP contribution < -0.4 is 4.74 Å². The number of nitriles is 1. The molecule has 2 heterocycles. The smallest absolute Gasteiger partial charge is 0.271 e. The maximum absolute atomic E-state index is 13.6. The fourth-order valence-corrected chi connectivity index (χ4v) is 4.59. The second kappa shape index (κ2) is 13.1. The van der Waals surface area contributed by atoms with Gasteiger partial charge in [-0.1, -0.05) is 58.2 Å². The van der Waals surface area contributed by atoms with Crippen molar-refractivity contribution in [3.63, 3.8) is 0 Å². The first kappa shape index (κ1) is 28.6. The van der Waals surface area contributed by atoms with E-state index < -0.39 is 5.91 Å². The molecule has 1 aliphatic rings. The standard InChI is InChI=1S/C33H36N4O3/c1-5-6-7-11-18-36-32(38)29(24(4)30(20-34)33(36)39)19-26-21-37(27-12-9-8-10-13-27)35-31(26)25-14-16-28(17-15-25)40-22-23(2)3/h8-10,12-17,19,21,23H,5-7,11,18,22H2,1-4H3/b29-19+. The molecule has 0 spiro atoms. The SMILES string of the molecule is CCCCCCN1C(=O)C(C#N)=C(C)/C(=C\c2cn(-c3ccccc3)nc2-c2ccc(OCC(C)C)cc2)C1=O. The molecule has 0 aliphatic carbocycles. The molecule has 2 aromatic carbocycles. The third-order valence-electron chi connectivity index (χ3n) is 6.83. The van der Waals surface area contributed by atoms with Gasteiger partial charge in [0.2, 0.25) is 0 Å². The number of ether oxygens (including phenoxy) is 1. The second-order valence-electron chi connectivity index (χ2n) is 10.4. The third-order valence-corrected chi connectivity index (χ3v) is 6.83. The number of nitrogens with zero attached hydrogens (tertiary/aromatic N) is 4. The number of aromatic nitrogens is 2. The molecule has 40 heavy (non-hydrogen) atoms. The van der Waals surface area contributed by atoms with Crippen LogP contribution in [0.5, 0.6) is 5.75 Å². The molecule has 0 bridgehead atoms. The van der Waals surface area contributed by atoms with E-state index in [1.807, 2.05) is 66.9 Å². The van der Waals surface area contributed by atoms with E-state index in [4.69, 9.17) is 9.84 Å². The zero-order chi connectivity index (χ0) is 28.6. The normalized spacial score (nSPS) is 14.8. The molecule has 0 saturated carbocycles. The van der Waals surface area contributed by atoms with Crippen LogP contribution in [0.2, 0.25) is 0 Å². The van der Waals surface area contributed by atoms with E-state index in [9.17, 15) is 14.9 Å². The van der Waals surface area contributed by atoms with Gasteiger partial charge in [-0.2, -0.15) is 10.4 Å². The van der Waals surface area contributed by atoms with Gasteiger partial charge in [0.25, 0.3) is 11.8 Å². The number of hydrogen-bond donors (Lipinski definition) is 0. The van der Waals surface area contributed by atoms with Crippen LogP contribution in [0.1, 0.15) is 58.9 Å². The molecule has 7 nitrogen and oxygen atoms in total. The maximum atomic E-state index is 13.6. The third kappa shape index (κ3) is 6.40. The Morgan fingerprint density at radius 1 is 1.00 bits per heavy atom. The summed E-state index contributed by atoms with van der Waals surface area (Å²) in [5, 5.41) is 14.7. The molecule has 7 heteroatoms. The number of rotatable bonds is 11. The number of imide groups is 1. The van der Waals surface area contributed by atoms with Gasteiger partial charge in [-0.3, -0.25) is 14.5 Å². The molecule has 0 unspecified atom stereocenters. The highest BCUT2D eigenvalue weighted by Crippen LogP contribution is 2.32. The molecule has 206 valence electrons. The summed E-state index contributed by atoms with van der Waals surface area (Å²) in [6, 6.07) is 19.5. The zero-order valence-corrected chi connectivity index (χ0v) is 23.7. The Labute approximate surface area is 236 Å². The van der Waals surface area contributed by atoms with Gasteiger partial charge in [0.1, 0.15) is 17.4 Å². The van der Waals surface area contributed by atoms with Crippen molar-refractivity contribution in [3.8, 4) is 28.8 Å². The Kier molecular flexibility index (Phi) is 9.34. The van der Waals surface area contributed by atoms with Crippen LogP contribution in [0.4, 0.5) is 0 Å². The number of benzene rings is 2. The van der Waals surface area contributed by atoms with Gasteiger partial charge in [-0.15, -0.1) is 0 Å². The Balaban J connectivity index is 1.78. The van der Waals surface area contributed by atoms with Crippen molar-refractivity contribution in [2.24, 2.45) is 5.92 Å². The first-order valence-corrected chi connectivity index (χ1v) is 13.9. The van der Waals surface area contributed by atoms with Crippen molar-refractivity contribution in [1.82, 2.24) is 14.7 Å². The zero-order valence-electron chi connectivity index (χ0n) is 23.7. The molecule has 0 radical (unpaired) electrons. The van der Waals surface area contributed by atoms with Crippen molar-refractivity contribution >= 4 is 17.9 Å². The highest BCUT2D eigenvalue weighted by atomic mass is 16.5.